The maximum absolute atomic E-state index is 12.7. The van der Waals surface area contributed by atoms with Crippen LogP contribution in [0.5, 0.6) is 0 Å². The predicted octanol–water partition coefficient (Wildman–Crippen LogP) is 5.67. The molecular formula is C19H25F3O. The number of ketones is 1. The van der Waals surface area contributed by atoms with Gasteiger partial charge in [-0.25, -0.2) is 0 Å². The summed E-state index contributed by atoms with van der Waals surface area (Å²) in [5.41, 5.74) is 0.316. The maximum atomic E-state index is 12.7. The highest BCUT2D eigenvalue weighted by atomic mass is 19.4. The minimum absolute atomic E-state index is 0.146. The van der Waals surface area contributed by atoms with Gasteiger partial charge >= 0.3 is 6.18 Å². The fourth-order valence-corrected chi connectivity index (χ4v) is 3.44. The number of carbonyl (C=O) groups is 1. The summed E-state index contributed by atoms with van der Waals surface area (Å²) in [5.74, 6) is 1.06. The van der Waals surface area contributed by atoms with Crippen molar-refractivity contribution < 1.29 is 18.0 Å². The topological polar surface area (TPSA) is 17.1 Å². The second-order valence-corrected chi connectivity index (χ2v) is 7.52. The molecule has 0 bridgehead atoms. The van der Waals surface area contributed by atoms with Gasteiger partial charge in [0.25, 0.3) is 0 Å². The molecule has 0 radical (unpaired) electrons. The van der Waals surface area contributed by atoms with Crippen LogP contribution in [0.1, 0.15) is 57.6 Å². The van der Waals surface area contributed by atoms with Gasteiger partial charge in [-0.05, 0) is 62.0 Å². The van der Waals surface area contributed by atoms with E-state index in [0.29, 0.717) is 12.3 Å². The zero-order valence-electron chi connectivity index (χ0n) is 14.0. The smallest absolute Gasteiger partial charge is 0.300 e. The Morgan fingerprint density at radius 1 is 1.22 bits per heavy atom. The van der Waals surface area contributed by atoms with Crippen LogP contribution in [0.25, 0.3) is 0 Å². The molecule has 1 aliphatic carbocycles. The van der Waals surface area contributed by atoms with Crippen molar-refractivity contribution >= 4 is 5.78 Å². The van der Waals surface area contributed by atoms with Gasteiger partial charge < -0.3 is 0 Å². The summed E-state index contributed by atoms with van der Waals surface area (Å²) in [4.78, 5) is 11.3. The van der Waals surface area contributed by atoms with Gasteiger partial charge in [-0.2, -0.15) is 13.2 Å². The molecule has 1 aliphatic rings. The summed E-state index contributed by atoms with van der Waals surface area (Å²) in [7, 11) is 0. The largest absolute Gasteiger partial charge is 0.416 e. The van der Waals surface area contributed by atoms with Crippen molar-refractivity contribution in [1.29, 1.82) is 0 Å². The van der Waals surface area contributed by atoms with Crippen molar-refractivity contribution in [1.82, 2.24) is 0 Å². The number of alkyl halides is 3. The molecular weight excluding hydrogens is 301 g/mol. The highest BCUT2D eigenvalue weighted by Crippen LogP contribution is 2.48. The number of hydrogen-bond acceptors (Lipinski definition) is 1. The minimum Gasteiger partial charge on any atom is -0.300 e. The second kappa shape index (κ2) is 6.66. The van der Waals surface area contributed by atoms with E-state index in [-0.39, 0.29) is 17.1 Å². The Hall–Kier alpha value is -1.32. The van der Waals surface area contributed by atoms with E-state index < -0.39 is 11.7 Å². The number of carbonyl (C=O) groups excluding carboxylic acids is 1. The van der Waals surface area contributed by atoms with Crippen molar-refractivity contribution in [2.24, 2.45) is 17.3 Å². The third-order valence-electron chi connectivity index (χ3n) is 5.36. The first-order chi connectivity index (χ1) is 10.6. The summed E-state index contributed by atoms with van der Waals surface area (Å²) >= 11 is 0. The number of hydrogen-bond donors (Lipinski definition) is 0. The van der Waals surface area contributed by atoms with Crippen LogP contribution in [-0.4, -0.2) is 5.78 Å². The van der Waals surface area contributed by atoms with Gasteiger partial charge in [0, 0.05) is 5.92 Å². The molecule has 0 heterocycles. The van der Waals surface area contributed by atoms with Crippen LogP contribution >= 0.6 is 0 Å². The molecule has 1 saturated carbocycles. The van der Waals surface area contributed by atoms with Crippen molar-refractivity contribution in [2.45, 2.75) is 59.1 Å². The van der Waals surface area contributed by atoms with Crippen LogP contribution in [0.15, 0.2) is 24.3 Å². The first-order valence-electron chi connectivity index (χ1n) is 8.26. The zero-order valence-corrected chi connectivity index (χ0v) is 14.0. The molecule has 0 saturated heterocycles. The van der Waals surface area contributed by atoms with Crippen molar-refractivity contribution in [3.8, 4) is 0 Å². The first-order valence-corrected chi connectivity index (χ1v) is 8.26. The number of Topliss-reactive ketones (excluding diaryl/α,β-unsaturated/α-hetero) is 1. The molecule has 0 atom stereocenters. The summed E-state index contributed by atoms with van der Waals surface area (Å²) in [6.45, 7) is 6.07. The van der Waals surface area contributed by atoms with E-state index in [2.05, 4.69) is 13.8 Å². The second-order valence-electron chi connectivity index (χ2n) is 7.52. The molecule has 128 valence electrons. The number of benzene rings is 1. The van der Waals surface area contributed by atoms with Crippen molar-refractivity contribution in [3.05, 3.63) is 35.4 Å². The number of rotatable bonds is 6. The Morgan fingerprint density at radius 2 is 1.87 bits per heavy atom. The van der Waals surface area contributed by atoms with E-state index in [1.54, 1.807) is 13.0 Å². The third-order valence-corrected chi connectivity index (χ3v) is 5.36. The molecule has 0 spiro atoms. The lowest BCUT2D eigenvalue weighted by atomic mass is 9.60. The first kappa shape index (κ1) is 18.0. The van der Waals surface area contributed by atoms with Crippen LogP contribution in [-0.2, 0) is 17.4 Å². The average Bonchev–Trinajstić information content (AvgIpc) is 2.35. The van der Waals surface area contributed by atoms with Crippen molar-refractivity contribution in [2.75, 3.05) is 0 Å². The summed E-state index contributed by atoms with van der Waals surface area (Å²) in [5, 5.41) is 0. The van der Waals surface area contributed by atoms with Crippen LogP contribution in [0.3, 0.4) is 0 Å². The molecule has 0 aliphatic heterocycles. The van der Waals surface area contributed by atoms with E-state index in [0.717, 1.165) is 37.3 Å². The van der Waals surface area contributed by atoms with Crippen LogP contribution < -0.4 is 0 Å². The van der Waals surface area contributed by atoms with E-state index in [4.69, 9.17) is 0 Å². The molecule has 1 nitrogen and oxygen atoms in total. The maximum Gasteiger partial charge on any atom is 0.416 e. The molecule has 1 aromatic carbocycles. The normalized spacial score (nSPS) is 21.8. The Bertz CT molecular complexity index is 554. The Balaban J connectivity index is 1.84. The molecule has 4 heteroatoms. The van der Waals surface area contributed by atoms with Crippen LogP contribution in [0.2, 0.25) is 0 Å². The number of aryl methyl sites for hydroxylation is 1. The fraction of sp³-hybridized carbons (Fsp3) is 0.632. The van der Waals surface area contributed by atoms with Gasteiger partial charge in [0.15, 0.2) is 0 Å². The summed E-state index contributed by atoms with van der Waals surface area (Å²) in [6, 6.07) is 5.61. The molecule has 0 N–H and O–H groups in total. The molecule has 1 aromatic rings. The van der Waals surface area contributed by atoms with E-state index in [1.165, 1.54) is 12.1 Å². The average molecular weight is 326 g/mol. The minimum atomic E-state index is -4.27. The SMILES string of the molecule is CC(=O)C1CC(C(C)(C)CCCc2cccc(C(F)(F)F)c2)C1. The highest BCUT2D eigenvalue weighted by Gasteiger charge is 2.41. The van der Waals surface area contributed by atoms with E-state index >= 15 is 0 Å². The van der Waals surface area contributed by atoms with E-state index in [9.17, 15) is 18.0 Å². The molecule has 1 fully saturated rings. The lowest BCUT2D eigenvalue weighted by Crippen LogP contribution is -2.38. The van der Waals surface area contributed by atoms with Crippen LogP contribution in [0.4, 0.5) is 13.2 Å². The molecule has 2 rings (SSSR count). The summed E-state index contributed by atoms with van der Waals surface area (Å²) < 4.78 is 38.1. The Labute approximate surface area is 136 Å². The lowest BCUT2D eigenvalue weighted by Gasteiger charge is -2.45. The molecule has 0 amide bonds. The Kier molecular flexibility index (Phi) is 5.22. The number of halogens is 3. The van der Waals surface area contributed by atoms with Gasteiger partial charge in [-0.1, -0.05) is 32.0 Å². The highest BCUT2D eigenvalue weighted by molar-refractivity contribution is 5.79. The van der Waals surface area contributed by atoms with Crippen LogP contribution in [0, 0.1) is 17.3 Å². The predicted molar refractivity (Wildman–Crippen MR) is 85.1 cm³/mol. The lowest BCUT2D eigenvalue weighted by molar-refractivity contribution is -0.137. The molecule has 23 heavy (non-hydrogen) atoms. The molecule has 0 unspecified atom stereocenters. The molecule has 0 aromatic heterocycles. The zero-order chi connectivity index (χ0) is 17.3. The third kappa shape index (κ3) is 4.58. The fourth-order valence-electron chi connectivity index (χ4n) is 3.44. The van der Waals surface area contributed by atoms with Gasteiger partial charge in [-0.3, -0.25) is 4.79 Å². The van der Waals surface area contributed by atoms with E-state index in [1.807, 2.05) is 0 Å². The summed E-state index contributed by atoms with van der Waals surface area (Å²) in [6.07, 6.45) is 0.158. The Morgan fingerprint density at radius 3 is 2.43 bits per heavy atom. The standard InChI is InChI=1S/C19H25F3O/c1-13(23)15-11-17(12-15)18(2,3)9-5-7-14-6-4-8-16(10-14)19(20,21)22/h4,6,8,10,15,17H,5,7,9,11-12H2,1-3H3. The van der Waals surface area contributed by atoms with Gasteiger partial charge in [-0.15, -0.1) is 0 Å². The van der Waals surface area contributed by atoms with Gasteiger partial charge in [0.1, 0.15) is 5.78 Å². The van der Waals surface area contributed by atoms with Crippen molar-refractivity contribution in [3.63, 3.8) is 0 Å². The monoisotopic (exact) mass is 326 g/mol. The van der Waals surface area contributed by atoms with Gasteiger partial charge in [0.2, 0.25) is 0 Å². The van der Waals surface area contributed by atoms with Gasteiger partial charge in [0.05, 0.1) is 5.56 Å². The quantitative estimate of drug-likeness (QED) is 0.658.